The van der Waals surface area contributed by atoms with E-state index in [1.165, 1.54) is 4.90 Å². The lowest BCUT2D eigenvalue weighted by Crippen LogP contribution is -2.30. The molecule has 0 saturated heterocycles. The molecule has 7 heteroatoms. The van der Waals surface area contributed by atoms with Crippen molar-refractivity contribution in [2.75, 3.05) is 17.3 Å². The fourth-order valence-electron chi connectivity index (χ4n) is 2.23. The Labute approximate surface area is 140 Å². The van der Waals surface area contributed by atoms with Gasteiger partial charge in [0.15, 0.2) is 5.58 Å². The topological polar surface area (TPSA) is 76.2 Å². The summed E-state index contributed by atoms with van der Waals surface area (Å²) < 4.78 is 7.41. The van der Waals surface area contributed by atoms with Crippen molar-refractivity contribution < 1.29 is 9.21 Å². The van der Waals surface area contributed by atoms with Crippen LogP contribution in [0.3, 0.4) is 0 Å². The van der Waals surface area contributed by atoms with E-state index in [1.807, 2.05) is 32.9 Å². The summed E-state index contributed by atoms with van der Waals surface area (Å²) in [6.07, 6.45) is 3.41. The van der Waals surface area contributed by atoms with Gasteiger partial charge in [0.1, 0.15) is 5.52 Å². The molecule has 0 radical (unpaired) electrons. The number of hydrogen-bond acceptors (Lipinski definition) is 4. The summed E-state index contributed by atoms with van der Waals surface area (Å²) in [5, 5.41) is 6.92. The zero-order valence-corrected chi connectivity index (χ0v) is 14.5. The van der Waals surface area contributed by atoms with Crippen LogP contribution >= 0.6 is 0 Å². The Morgan fingerprint density at radius 2 is 2.08 bits per heavy atom. The maximum Gasteiger partial charge on any atom is 0.326 e. The molecule has 2 heterocycles. The fraction of sp³-hybridized carbons (Fsp3) is 0.353. The molecule has 24 heavy (non-hydrogen) atoms. The molecule has 0 bridgehead atoms. The summed E-state index contributed by atoms with van der Waals surface area (Å²) in [6, 6.07) is 5.18. The van der Waals surface area contributed by atoms with Crippen molar-refractivity contribution in [3.63, 3.8) is 0 Å². The molecule has 0 atom stereocenters. The van der Waals surface area contributed by atoms with E-state index in [9.17, 15) is 4.79 Å². The van der Waals surface area contributed by atoms with E-state index in [-0.39, 0.29) is 11.4 Å². The van der Waals surface area contributed by atoms with Crippen LogP contribution in [-0.2, 0) is 12.5 Å². The van der Waals surface area contributed by atoms with Gasteiger partial charge >= 0.3 is 6.03 Å². The van der Waals surface area contributed by atoms with Crippen LogP contribution in [0.5, 0.6) is 0 Å². The molecule has 126 valence electrons. The highest BCUT2D eigenvalue weighted by Crippen LogP contribution is 2.27. The standard InChI is InChI=1S/C17H21N5O2/c1-17(2,3)15-20-13-8-11(6-7-14(13)24-15)19-16(23)22(5)12-9-18-21(4)10-12/h6-10H,1-5H3,(H,19,23). The SMILES string of the molecule is CN(C(=O)Nc1ccc2oc(C(C)(C)C)nc2c1)c1cnn(C)c1. The van der Waals surface area contributed by atoms with Gasteiger partial charge in [-0.3, -0.25) is 9.58 Å². The summed E-state index contributed by atoms with van der Waals surface area (Å²) in [4.78, 5) is 18.4. The van der Waals surface area contributed by atoms with E-state index >= 15 is 0 Å². The van der Waals surface area contributed by atoms with Crippen LogP contribution in [0.4, 0.5) is 16.2 Å². The van der Waals surface area contributed by atoms with Crippen LogP contribution in [-0.4, -0.2) is 27.8 Å². The number of carbonyl (C=O) groups is 1. The Balaban J connectivity index is 1.81. The second-order valence-corrected chi connectivity index (χ2v) is 6.81. The van der Waals surface area contributed by atoms with Gasteiger partial charge in [-0.2, -0.15) is 5.10 Å². The normalized spacial score (nSPS) is 11.7. The molecule has 3 rings (SSSR count). The third-order valence-corrected chi connectivity index (χ3v) is 3.66. The molecule has 0 aliphatic heterocycles. The van der Waals surface area contributed by atoms with E-state index in [4.69, 9.17) is 4.42 Å². The van der Waals surface area contributed by atoms with Gasteiger partial charge in [0.2, 0.25) is 5.89 Å². The number of benzene rings is 1. The minimum absolute atomic E-state index is 0.164. The number of nitrogens with zero attached hydrogens (tertiary/aromatic N) is 4. The summed E-state index contributed by atoms with van der Waals surface area (Å²) in [5.41, 5.74) is 2.65. The number of aryl methyl sites for hydroxylation is 1. The number of oxazole rings is 1. The van der Waals surface area contributed by atoms with Crippen LogP contribution in [0.2, 0.25) is 0 Å². The lowest BCUT2D eigenvalue weighted by Gasteiger charge is -2.15. The van der Waals surface area contributed by atoms with Crippen LogP contribution in [0.25, 0.3) is 11.1 Å². The van der Waals surface area contributed by atoms with Crippen molar-refractivity contribution in [3.05, 3.63) is 36.5 Å². The van der Waals surface area contributed by atoms with Gasteiger partial charge in [0, 0.05) is 31.4 Å². The maximum absolute atomic E-state index is 12.4. The first-order valence-electron chi connectivity index (χ1n) is 7.68. The zero-order valence-electron chi connectivity index (χ0n) is 14.5. The highest BCUT2D eigenvalue weighted by atomic mass is 16.3. The van der Waals surface area contributed by atoms with E-state index in [0.717, 1.165) is 5.52 Å². The summed E-state index contributed by atoms with van der Waals surface area (Å²) in [7, 11) is 3.50. The Morgan fingerprint density at radius 1 is 1.33 bits per heavy atom. The van der Waals surface area contributed by atoms with Crippen molar-refractivity contribution >= 4 is 28.5 Å². The van der Waals surface area contributed by atoms with Gasteiger partial charge in [-0.05, 0) is 18.2 Å². The number of amides is 2. The molecule has 0 spiro atoms. The highest BCUT2D eigenvalue weighted by Gasteiger charge is 2.21. The Kier molecular flexibility index (Phi) is 3.79. The molecular formula is C17H21N5O2. The quantitative estimate of drug-likeness (QED) is 0.781. The first-order valence-corrected chi connectivity index (χ1v) is 7.68. The van der Waals surface area contributed by atoms with Gasteiger partial charge in [-0.15, -0.1) is 0 Å². The largest absolute Gasteiger partial charge is 0.440 e. The molecule has 3 aromatic rings. The molecule has 7 nitrogen and oxygen atoms in total. The lowest BCUT2D eigenvalue weighted by molar-refractivity contribution is 0.258. The number of nitrogens with one attached hydrogen (secondary N) is 1. The van der Waals surface area contributed by atoms with Gasteiger partial charge in [0.05, 0.1) is 11.9 Å². The van der Waals surface area contributed by atoms with Gasteiger partial charge < -0.3 is 9.73 Å². The molecular weight excluding hydrogens is 306 g/mol. The molecule has 0 fully saturated rings. The second kappa shape index (κ2) is 5.67. The van der Waals surface area contributed by atoms with Gasteiger partial charge in [-0.1, -0.05) is 20.8 Å². The van der Waals surface area contributed by atoms with Crippen LogP contribution in [0, 0.1) is 0 Å². The molecule has 2 amide bonds. The number of rotatable bonds is 2. The average Bonchev–Trinajstić information content (AvgIpc) is 3.11. The van der Waals surface area contributed by atoms with Gasteiger partial charge in [-0.25, -0.2) is 9.78 Å². The predicted octanol–water partition coefficient (Wildman–Crippen LogP) is 3.53. The molecule has 0 unspecified atom stereocenters. The van der Waals surface area contributed by atoms with E-state index in [0.29, 0.717) is 22.8 Å². The van der Waals surface area contributed by atoms with Crippen molar-refractivity contribution in [2.45, 2.75) is 26.2 Å². The fourth-order valence-corrected chi connectivity index (χ4v) is 2.23. The number of hydrogen-bond donors (Lipinski definition) is 1. The number of fused-ring (bicyclic) bond motifs is 1. The third-order valence-electron chi connectivity index (χ3n) is 3.66. The monoisotopic (exact) mass is 327 g/mol. The van der Waals surface area contributed by atoms with E-state index < -0.39 is 0 Å². The van der Waals surface area contributed by atoms with E-state index in [2.05, 4.69) is 15.4 Å². The molecule has 1 aromatic carbocycles. The minimum atomic E-state index is -0.248. The Bertz CT molecular complexity index is 888. The Hall–Kier alpha value is -2.83. The van der Waals surface area contributed by atoms with Crippen molar-refractivity contribution in [2.24, 2.45) is 7.05 Å². The summed E-state index contributed by atoms with van der Waals surface area (Å²) in [6.45, 7) is 6.13. The molecule has 0 aliphatic rings. The second-order valence-electron chi connectivity index (χ2n) is 6.81. The smallest absolute Gasteiger partial charge is 0.326 e. The first kappa shape index (κ1) is 16.0. The Morgan fingerprint density at radius 3 is 2.71 bits per heavy atom. The molecule has 1 N–H and O–H groups in total. The van der Waals surface area contributed by atoms with Crippen molar-refractivity contribution in [1.29, 1.82) is 0 Å². The maximum atomic E-state index is 12.4. The van der Waals surface area contributed by atoms with Crippen LogP contribution < -0.4 is 10.2 Å². The highest BCUT2D eigenvalue weighted by molar-refractivity contribution is 6.01. The first-order chi connectivity index (χ1) is 11.2. The third kappa shape index (κ3) is 3.10. The number of urea groups is 1. The lowest BCUT2D eigenvalue weighted by atomic mass is 9.97. The van der Waals surface area contributed by atoms with Crippen molar-refractivity contribution in [3.8, 4) is 0 Å². The van der Waals surface area contributed by atoms with Gasteiger partial charge in [0.25, 0.3) is 0 Å². The molecule has 2 aromatic heterocycles. The van der Waals surface area contributed by atoms with Crippen LogP contribution in [0.1, 0.15) is 26.7 Å². The zero-order chi connectivity index (χ0) is 17.5. The van der Waals surface area contributed by atoms with Crippen LogP contribution in [0.15, 0.2) is 35.0 Å². The molecule has 0 saturated carbocycles. The predicted molar refractivity (Wildman–Crippen MR) is 93.3 cm³/mol. The number of aromatic nitrogens is 3. The molecule has 0 aliphatic carbocycles. The van der Waals surface area contributed by atoms with E-state index in [1.54, 1.807) is 37.2 Å². The summed E-state index contributed by atoms with van der Waals surface area (Å²) >= 11 is 0. The number of carbonyl (C=O) groups excluding carboxylic acids is 1. The minimum Gasteiger partial charge on any atom is -0.440 e. The van der Waals surface area contributed by atoms with Crippen molar-refractivity contribution in [1.82, 2.24) is 14.8 Å². The summed E-state index contributed by atoms with van der Waals surface area (Å²) in [5.74, 6) is 0.674. The number of anilines is 2. The average molecular weight is 327 g/mol.